The van der Waals surface area contributed by atoms with Crippen LogP contribution in [0.3, 0.4) is 0 Å². The summed E-state index contributed by atoms with van der Waals surface area (Å²) in [7, 11) is 1.65. The molecule has 0 radical (unpaired) electrons. The minimum absolute atomic E-state index is 0.414. The van der Waals surface area contributed by atoms with Crippen molar-refractivity contribution in [3.63, 3.8) is 0 Å². The number of fused-ring (bicyclic) bond motifs is 1. The van der Waals surface area contributed by atoms with E-state index in [0.717, 1.165) is 45.0 Å². The van der Waals surface area contributed by atoms with Crippen LogP contribution in [0.5, 0.6) is 5.75 Å². The van der Waals surface area contributed by atoms with Crippen molar-refractivity contribution in [3.8, 4) is 34.1 Å². The predicted octanol–water partition coefficient (Wildman–Crippen LogP) is 5.48. The molecule has 0 aliphatic heterocycles. The lowest BCUT2D eigenvalue weighted by Crippen LogP contribution is -2.02. The number of methoxy groups -OCH3 is 1. The molecule has 6 nitrogen and oxygen atoms in total. The van der Waals surface area contributed by atoms with E-state index in [9.17, 15) is 0 Å². The van der Waals surface area contributed by atoms with Gasteiger partial charge >= 0.3 is 0 Å². The average Bonchev–Trinajstić information content (AvgIpc) is 3.23. The summed E-state index contributed by atoms with van der Waals surface area (Å²) in [5.41, 5.74) is 12.2. The Kier molecular flexibility index (Phi) is 5.21. The molecule has 0 aliphatic carbocycles. The maximum absolute atomic E-state index is 6.20. The van der Waals surface area contributed by atoms with E-state index in [1.807, 2.05) is 77.4 Å². The number of hydrogen-bond acceptors (Lipinski definition) is 5. The van der Waals surface area contributed by atoms with E-state index in [1.54, 1.807) is 13.3 Å². The number of pyridine rings is 2. The number of anilines is 1. The molecule has 3 heterocycles. The number of nitrogens with two attached hydrogens (primary N) is 1. The zero-order valence-corrected chi connectivity index (χ0v) is 18.1. The summed E-state index contributed by atoms with van der Waals surface area (Å²) in [6.07, 6.45) is 1.67. The highest BCUT2D eigenvalue weighted by atomic mass is 35.5. The van der Waals surface area contributed by atoms with Crippen LogP contribution in [0.4, 0.5) is 5.82 Å². The van der Waals surface area contributed by atoms with Gasteiger partial charge in [-0.15, -0.1) is 11.6 Å². The van der Waals surface area contributed by atoms with E-state index in [1.165, 1.54) is 0 Å². The maximum atomic E-state index is 6.20. The molecule has 0 saturated carbocycles. The maximum Gasteiger partial charge on any atom is 0.165 e. The number of alkyl halides is 1. The molecule has 7 heteroatoms. The van der Waals surface area contributed by atoms with Crippen LogP contribution in [0.25, 0.3) is 39.5 Å². The number of aromatic nitrogens is 4. The van der Waals surface area contributed by atoms with Gasteiger partial charge in [-0.1, -0.05) is 12.1 Å². The Morgan fingerprint density at radius 2 is 1.72 bits per heavy atom. The summed E-state index contributed by atoms with van der Waals surface area (Å²) in [4.78, 5) is 14.1. The molecular formula is C25H20ClN5O. The molecule has 3 aromatic heterocycles. The van der Waals surface area contributed by atoms with Gasteiger partial charge in [0.25, 0.3) is 0 Å². The van der Waals surface area contributed by atoms with E-state index in [0.29, 0.717) is 17.5 Å². The van der Waals surface area contributed by atoms with Gasteiger partial charge < -0.3 is 10.5 Å². The molecule has 0 aliphatic rings. The molecule has 2 N–H and O–H groups in total. The molecule has 0 bridgehead atoms. The van der Waals surface area contributed by atoms with Gasteiger partial charge in [-0.3, -0.25) is 4.57 Å². The number of rotatable bonds is 5. The Balaban J connectivity index is 1.74. The topological polar surface area (TPSA) is 78.9 Å². The second-order valence-corrected chi connectivity index (χ2v) is 7.54. The second kappa shape index (κ2) is 8.32. The Morgan fingerprint density at radius 1 is 0.938 bits per heavy atom. The fraction of sp³-hybridized carbons (Fsp3) is 0.0800. The van der Waals surface area contributed by atoms with Crippen LogP contribution in [-0.4, -0.2) is 26.6 Å². The number of hydrogen-bond donors (Lipinski definition) is 1. The van der Waals surface area contributed by atoms with E-state index in [4.69, 9.17) is 32.0 Å². The number of nitrogens with zero attached hydrogens (tertiary/aromatic N) is 4. The SMILES string of the molecule is COc1ccc(-c2ccc3nc(-c4cccnc4N)n(-c4ccc(CCl)cc4)c3n2)cc1. The summed E-state index contributed by atoms with van der Waals surface area (Å²) in [5, 5.41) is 0. The lowest BCUT2D eigenvalue weighted by atomic mass is 10.1. The molecule has 5 rings (SSSR count). The Bertz CT molecular complexity index is 1390. The zero-order valence-electron chi connectivity index (χ0n) is 17.4. The number of imidazole rings is 1. The lowest BCUT2D eigenvalue weighted by molar-refractivity contribution is 0.415. The van der Waals surface area contributed by atoms with Crippen LogP contribution in [0, 0.1) is 0 Å². The van der Waals surface area contributed by atoms with Crippen LogP contribution in [0.15, 0.2) is 79.0 Å². The van der Waals surface area contributed by atoms with Crippen molar-refractivity contribution in [2.45, 2.75) is 5.88 Å². The zero-order chi connectivity index (χ0) is 22.1. The molecule has 5 aromatic rings. The van der Waals surface area contributed by atoms with Gasteiger partial charge in [0.15, 0.2) is 11.5 Å². The van der Waals surface area contributed by atoms with E-state index >= 15 is 0 Å². The third-order valence-corrected chi connectivity index (χ3v) is 5.63. The third-order valence-electron chi connectivity index (χ3n) is 5.32. The summed E-state index contributed by atoms with van der Waals surface area (Å²) in [6.45, 7) is 0. The van der Waals surface area contributed by atoms with E-state index in [2.05, 4.69) is 4.98 Å². The van der Waals surface area contributed by atoms with E-state index < -0.39 is 0 Å². The van der Waals surface area contributed by atoms with Crippen molar-refractivity contribution >= 4 is 28.6 Å². The van der Waals surface area contributed by atoms with Crippen molar-refractivity contribution in [1.29, 1.82) is 0 Å². The van der Waals surface area contributed by atoms with Gasteiger partial charge in [0.1, 0.15) is 17.1 Å². The Morgan fingerprint density at radius 3 is 2.41 bits per heavy atom. The first kappa shape index (κ1) is 20.0. The monoisotopic (exact) mass is 441 g/mol. The fourth-order valence-corrected chi connectivity index (χ4v) is 3.82. The van der Waals surface area contributed by atoms with Crippen LogP contribution < -0.4 is 10.5 Å². The highest BCUT2D eigenvalue weighted by molar-refractivity contribution is 6.17. The molecule has 32 heavy (non-hydrogen) atoms. The number of ether oxygens (including phenoxy) is 1. The molecule has 0 amide bonds. The quantitative estimate of drug-likeness (QED) is 0.365. The average molecular weight is 442 g/mol. The van der Waals surface area contributed by atoms with Crippen molar-refractivity contribution in [2.24, 2.45) is 0 Å². The van der Waals surface area contributed by atoms with Crippen molar-refractivity contribution in [2.75, 3.05) is 12.8 Å². The summed E-state index contributed by atoms with van der Waals surface area (Å²) < 4.78 is 7.28. The first-order valence-corrected chi connectivity index (χ1v) is 10.6. The van der Waals surface area contributed by atoms with Crippen LogP contribution in [0.2, 0.25) is 0 Å². The smallest absolute Gasteiger partial charge is 0.165 e. The van der Waals surface area contributed by atoms with Gasteiger partial charge in [-0.2, -0.15) is 0 Å². The first-order chi connectivity index (χ1) is 15.7. The molecule has 0 fully saturated rings. The third kappa shape index (κ3) is 3.55. The lowest BCUT2D eigenvalue weighted by Gasteiger charge is -2.11. The van der Waals surface area contributed by atoms with Crippen molar-refractivity contribution in [1.82, 2.24) is 19.5 Å². The number of halogens is 1. The van der Waals surface area contributed by atoms with Gasteiger partial charge in [0.05, 0.1) is 18.4 Å². The Hall–Kier alpha value is -3.90. The van der Waals surface area contributed by atoms with Gasteiger partial charge in [0.2, 0.25) is 0 Å². The minimum atomic E-state index is 0.414. The standard InChI is InChI=1S/C25H20ClN5O/c1-32-19-10-6-17(7-11-19)21-12-13-22-25(29-21)31(18-8-4-16(15-26)5-9-18)24(30-22)20-3-2-14-28-23(20)27/h2-14H,15H2,1H3,(H2,27,28). The Labute approximate surface area is 190 Å². The van der Waals surface area contributed by atoms with Crippen molar-refractivity contribution < 1.29 is 4.74 Å². The number of nitrogen functional groups attached to an aromatic ring is 1. The number of benzene rings is 2. The van der Waals surface area contributed by atoms with Crippen molar-refractivity contribution in [3.05, 3.63) is 84.6 Å². The van der Waals surface area contributed by atoms with Crippen LogP contribution >= 0.6 is 11.6 Å². The second-order valence-electron chi connectivity index (χ2n) is 7.27. The summed E-state index contributed by atoms with van der Waals surface area (Å²) in [5.74, 6) is 2.35. The summed E-state index contributed by atoms with van der Waals surface area (Å²) >= 11 is 5.99. The fourth-order valence-electron chi connectivity index (χ4n) is 3.65. The normalized spacial score (nSPS) is 11.1. The highest BCUT2D eigenvalue weighted by Crippen LogP contribution is 2.32. The van der Waals surface area contributed by atoms with Gasteiger partial charge in [-0.05, 0) is 66.2 Å². The molecule has 0 saturated heterocycles. The summed E-state index contributed by atoms with van der Waals surface area (Å²) in [6, 6.07) is 23.5. The predicted molar refractivity (Wildman–Crippen MR) is 128 cm³/mol. The van der Waals surface area contributed by atoms with Gasteiger partial charge in [-0.25, -0.2) is 15.0 Å². The van der Waals surface area contributed by atoms with E-state index in [-0.39, 0.29) is 0 Å². The van der Waals surface area contributed by atoms with Gasteiger partial charge in [0, 0.05) is 23.3 Å². The minimum Gasteiger partial charge on any atom is -0.497 e. The molecule has 0 spiro atoms. The molecular weight excluding hydrogens is 422 g/mol. The van der Waals surface area contributed by atoms with Crippen LogP contribution in [-0.2, 0) is 5.88 Å². The molecule has 158 valence electrons. The first-order valence-electron chi connectivity index (χ1n) is 10.1. The molecule has 0 unspecified atom stereocenters. The largest absolute Gasteiger partial charge is 0.497 e. The highest BCUT2D eigenvalue weighted by Gasteiger charge is 2.18. The molecule has 2 aromatic carbocycles. The van der Waals surface area contributed by atoms with Crippen LogP contribution in [0.1, 0.15) is 5.56 Å². The molecule has 0 atom stereocenters.